The predicted octanol–water partition coefficient (Wildman–Crippen LogP) is 0.587. The first-order valence-electron chi connectivity index (χ1n) is 8.03. The van der Waals surface area contributed by atoms with Gasteiger partial charge in [-0.15, -0.1) is 0 Å². The summed E-state index contributed by atoms with van der Waals surface area (Å²) in [6.45, 7) is 3.09. The molecule has 0 spiro atoms. The smallest absolute Gasteiger partial charge is 0.150 e. The Morgan fingerprint density at radius 2 is 1.95 bits per heavy atom. The van der Waals surface area contributed by atoms with Crippen LogP contribution in [0.5, 0.6) is 0 Å². The molecule has 1 aliphatic heterocycles. The second-order valence-electron chi connectivity index (χ2n) is 7.08. The quantitative estimate of drug-likeness (QED) is 0.822. The third-order valence-corrected chi connectivity index (χ3v) is 6.95. The Kier molecular flexibility index (Phi) is 5.68. The molecular weight excluding hydrogens is 288 g/mol. The number of aliphatic hydroxyl groups is 1. The Bertz CT molecular complexity index is 440. The molecule has 5 nitrogen and oxygen atoms in total. The summed E-state index contributed by atoms with van der Waals surface area (Å²) in [7, 11) is 1.26. The summed E-state index contributed by atoms with van der Waals surface area (Å²) in [6, 6.07) is 0.373. The van der Waals surface area contributed by atoms with Crippen LogP contribution in [0, 0.1) is 5.92 Å². The van der Waals surface area contributed by atoms with E-state index in [2.05, 4.69) is 23.9 Å². The van der Waals surface area contributed by atoms with Gasteiger partial charge in [-0.1, -0.05) is 6.42 Å². The lowest BCUT2D eigenvalue weighted by atomic mass is 9.82. The Hall–Kier alpha value is -0.170. The van der Waals surface area contributed by atoms with Crippen molar-refractivity contribution in [1.82, 2.24) is 9.80 Å². The zero-order valence-corrected chi connectivity index (χ0v) is 14.3. The van der Waals surface area contributed by atoms with Crippen LogP contribution in [0.2, 0.25) is 0 Å². The van der Waals surface area contributed by atoms with Crippen molar-refractivity contribution < 1.29 is 13.5 Å². The van der Waals surface area contributed by atoms with Crippen LogP contribution in [0.1, 0.15) is 32.1 Å². The van der Waals surface area contributed by atoms with Crippen molar-refractivity contribution >= 4 is 9.84 Å². The zero-order chi connectivity index (χ0) is 15.6. The highest BCUT2D eigenvalue weighted by atomic mass is 32.2. The first-order valence-corrected chi connectivity index (χ1v) is 9.98. The van der Waals surface area contributed by atoms with E-state index in [0.717, 1.165) is 45.3 Å². The summed E-state index contributed by atoms with van der Waals surface area (Å²) in [5.41, 5.74) is 0. The summed E-state index contributed by atoms with van der Waals surface area (Å²) >= 11 is 0. The molecule has 2 rings (SSSR count). The Labute approximate surface area is 129 Å². The molecule has 4 unspecified atom stereocenters. The Balaban J connectivity index is 1.91. The van der Waals surface area contributed by atoms with Gasteiger partial charge in [0.25, 0.3) is 0 Å². The molecule has 1 saturated heterocycles. The van der Waals surface area contributed by atoms with Crippen LogP contribution in [-0.2, 0) is 9.84 Å². The standard InChI is InChI=1S/C15H30N2O3S/c1-16-7-8-17(2)13(11-16)10-15(18)12-5-4-6-14(9-12)21(3,19)20/h12-15,18H,4-11H2,1-3H3. The largest absolute Gasteiger partial charge is 0.393 e. The molecule has 6 heteroatoms. The number of likely N-dealkylation sites (N-methyl/N-ethyl adjacent to an activating group) is 2. The van der Waals surface area contributed by atoms with Gasteiger partial charge in [-0.2, -0.15) is 0 Å². The van der Waals surface area contributed by atoms with Gasteiger partial charge in [0.15, 0.2) is 0 Å². The van der Waals surface area contributed by atoms with Gasteiger partial charge in [-0.3, -0.25) is 0 Å². The number of hydrogen-bond donors (Lipinski definition) is 1. The van der Waals surface area contributed by atoms with Gasteiger partial charge >= 0.3 is 0 Å². The number of nitrogens with zero attached hydrogens (tertiary/aromatic N) is 2. The first-order chi connectivity index (χ1) is 9.77. The second-order valence-corrected chi connectivity index (χ2v) is 9.40. The molecular formula is C15H30N2O3S. The number of piperazine rings is 1. The summed E-state index contributed by atoms with van der Waals surface area (Å²) in [5, 5.41) is 10.3. The summed E-state index contributed by atoms with van der Waals surface area (Å²) < 4.78 is 23.5. The average Bonchev–Trinajstić information content (AvgIpc) is 2.42. The first kappa shape index (κ1) is 17.2. The van der Waals surface area contributed by atoms with Crippen molar-refractivity contribution in [2.24, 2.45) is 5.92 Å². The van der Waals surface area contributed by atoms with E-state index < -0.39 is 9.84 Å². The minimum atomic E-state index is -2.97. The van der Waals surface area contributed by atoms with Crippen LogP contribution >= 0.6 is 0 Å². The van der Waals surface area contributed by atoms with E-state index >= 15 is 0 Å². The minimum Gasteiger partial charge on any atom is -0.393 e. The van der Waals surface area contributed by atoms with Crippen LogP contribution in [0.25, 0.3) is 0 Å². The third kappa shape index (κ3) is 4.65. The number of aliphatic hydroxyl groups excluding tert-OH is 1. The van der Waals surface area contributed by atoms with Crippen LogP contribution in [0.15, 0.2) is 0 Å². The molecule has 124 valence electrons. The minimum absolute atomic E-state index is 0.138. The maximum absolute atomic E-state index is 11.7. The van der Waals surface area contributed by atoms with Crippen LogP contribution < -0.4 is 0 Å². The molecule has 0 radical (unpaired) electrons. The monoisotopic (exact) mass is 318 g/mol. The molecule has 4 atom stereocenters. The number of sulfone groups is 1. The molecule has 1 heterocycles. The van der Waals surface area contributed by atoms with Crippen molar-refractivity contribution in [2.45, 2.75) is 49.5 Å². The molecule has 0 amide bonds. The fraction of sp³-hybridized carbons (Fsp3) is 1.00. The lowest BCUT2D eigenvalue weighted by Crippen LogP contribution is -2.51. The molecule has 0 aromatic carbocycles. The van der Waals surface area contributed by atoms with Gasteiger partial charge in [-0.25, -0.2) is 8.42 Å². The predicted molar refractivity (Wildman–Crippen MR) is 85.1 cm³/mol. The zero-order valence-electron chi connectivity index (χ0n) is 13.5. The van der Waals surface area contributed by atoms with Gasteiger partial charge < -0.3 is 14.9 Å². The molecule has 0 aromatic heterocycles. The highest BCUT2D eigenvalue weighted by Crippen LogP contribution is 2.32. The normalized spacial score (nSPS) is 34.8. The second kappa shape index (κ2) is 6.94. The van der Waals surface area contributed by atoms with Gasteiger partial charge in [0.1, 0.15) is 9.84 Å². The van der Waals surface area contributed by atoms with E-state index in [0.29, 0.717) is 12.5 Å². The van der Waals surface area contributed by atoms with Crippen molar-refractivity contribution in [1.29, 1.82) is 0 Å². The van der Waals surface area contributed by atoms with Crippen molar-refractivity contribution in [3.05, 3.63) is 0 Å². The lowest BCUT2D eigenvalue weighted by Gasteiger charge is -2.40. The topological polar surface area (TPSA) is 60.9 Å². The van der Waals surface area contributed by atoms with E-state index in [1.54, 1.807) is 0 Å². The van der Waals surface area contributed by atoms with Gasteiger partial charge in [-0.05, 0) is 45.7 Å². The highest BCUT2D eigenvalue weighted by Gasteiger charge is 2.34. The van der Waals surface area contributed by atoms with Crippen LogP contribution in [0.3, 0.4) is 0 Å². The van der Waals surface area contributed by atoms with Crippen molar-refractivity contribution in [3.63, 3.8) is 0 Å². The van der Waals surface area contributed by atoms with Gasteiger partial charge in [0, 0.05) is 31.9 Å². The molecule has 0 bridgehead atoms. The SMILES string of the molecule is CN1CCN(C)C(CC(O)C2CCCC(S(C)(=O)=O)C2)C1. The summed E-state index contributed by atoms with van der Waals surface area (Å²) in [6.07, 6.45) is 4.96. The Morgan fingerprint density at radius 3 is 2.62 bits per heavy atom. The molecule has 1 N–H and O–H groups in total. The summed E-state index contributed by atoms with van der Waals surface area (Å²) in [5.74, 6) is 0.138. The van der Waals surface area contributed by atoms with E-state index in [9.17, 15) is 13.5 Å². The fourth-order valence-electron chi connectivity index (χ4n) is 3.75. The fourth-order valence-corrected chi connectivity index (χ4v) is 4.94. The van der Waals surface area contributed by atoms with E-state index in [4.69, 9.17) is 0 Å². The van der Waals surface area contributed by atoms with E-state index in [-0.39, 0.29) is 17.3 Å². The van der Waals surface area contributed by atoms with Gasteiger partial charge in [0.05, 0.1) is 11.4 Å². The number of hydrogen-bond acceptors (Lipinski definition) is 5. The third-order valence-electron chi connectivity index (χ3n) is 5.31. The molecule has 2 aliphatic rings. The molecule has 2 fully saturated rings. The molecule has 21 heavy (non-hydrogen) atoms. The Morgan fingerprint density at radius 1 is 1.24 bits per heavy atom. The molecule has 0 aromatic rings. The molecule has 1 aliphatic carbocycles. The van der Waals surface area contributed by atoms with Gasteiger partial charge in [0.2, 0.25) is 0 Å². The van der Waals surface area contributed by atoms with E-state index in [1.807, 2.05) is 0 Å². The van der Waals surface area contributed by atoms with E-state index in [1.165, 1.54) is 6.26 Å². The lowest BCUT2D eigenvalue weighted by molar-refractivity contribution is 0.0270. The molecule has 1 saturated carbocycles. The maximum atomic E-state index is 11.7. The van der Waals surface area contributed by atoms with Crippen LogP contribution in [-0.4, -0.2) is 80.7 Å². The van der Waals surface area contributed by atoms with Crippen molar-refractivity contribution in [2.75, 3.05) is 40.0 Å². The number of rotatable bonds is 4. The average molecular weight is 318 g/mol. The maximum Gasteiger partial charge on any atom is 0.150 e. The van der Waals surface area contributed by atoms with Crippen molar-refractivity contribution in [3.8, 4) is 0 Å². The summed E-state index contributed by atoms with van der Waals surface area (Å²) in [4.78, 5) is 4.62. The highest BCUT2D eigenvalue weighted by molar-refractivity contribution is 7.91. The van der Waals surface area contributed by atoms with Crippen LogP contribution in [0.4, 0.5) is 0 Å².